The molecule has 3 heteroatoms. The number of para-hydroxylation sites is 2. The fourth-order valence-electron chi connectivity index (χ4n) is 1.45. The Hall–Kier alpha value is -1.35. The second-order valence-corrected chi connectivity index (χ2v) is 3.31. The first-order chi connectivity index (χ1) is 6.85. The number of benzene rings is 1. The van der Waals surface area contributed by atoms with Gasteiger partial charge in [-0.15, -0.1) is 0 Å². The molecule has 1 aromatic heterocycles. The van der Waals surface area contributed by atoms with E-state index in [-0.39, 0.29) is 12.5 Å². The predicted octanol–water partition coefficient (Wildman–Crippen LogP) is 2.31. The Morgan fingerprint density at radius 1 is 1.43 bits per heavy atom. The quantitative estimate of drug-likeness (QED) is 0.809. The zero-order valence-corrected chi connectivity index (χ0v) is 8.10. The van der Waals surface area contributed by atoms with Crippen molar-refractivity contribution >= 4 is 11.1 Å². The van der Waals surface area contributed by atoms with Crippen LogP contribution in [0.1, 0.15) is 25.2 Å². The van der Waals surface area contributed by atoms with E-state index >= 15 is 0 Å². The second kappa shape index (κ2) is 3.80. The first kappa shape index (κ1) is 9.21. The Labute approximate surface area is 82.4 Å². The third-order valence-corrected chi connectivity index (χ3v) is 2.37. The molecule has 0 saturated carbocycles. The summed E-state index contributed by atoms with van der Waals surface area (Å²) in [6, 6.07) is 7.63. The Morgan fingerprint density at radius 2 is 2.21 bits per heavy atom. The van der Waals surface area contributed by atoms with E-state index in [1.165, 1.54) is 0 Å². The molecule has 2 aromatic rings. The van der Waals surface area contributed by atoms with Crippen LogP contribution >= 0.6 is 0 Å². The number of aliphatic hydroxyl groups is 1. The summed E-state index contributed by atoms with van der Waals surface area (Å²) in [7, 11) is 0. The van der Waals surface area contributed by atoms with Crippen LogP contribution in [-0.2, 0) is 0 Å². The number of oxazole rings is 1. The first-order valence-electron chi connectivity index (χ1n) is 4.81. The summed E-state index contributed by atoms with van der Waals surface area (Å²) in [5.74, 6) is 0.651. The minimum absolute atomic E-state index is 0.0161. The van der Waals surface area contributed by atoms with Gasteiger partial charge in [-0.05, 0) is 18.6 Å². The molecule has 0 bridgehead atoms. The van der Waals surface area contributed by atoms with Gasteiger partial charge in [0, 0.05) is 0 Å². The fraction of sp³-hybridized carbons (Fsp3) is 0.364. The number of rotatable bonds is 3. The molecular weight excluding hydrogens is 178 g/mol. The monoisotopic (exact) mass is 191 g/mol. The second-order valence-electron chi connectivity index (χ2n) is 3.31. The van der Waals surface area contributed by atoms with Crippen molar-refractivity contribution in [3.05, 3.63) is 30.2 Å². The number of hydrogen-bond donors (Lipinski definition) is 1. The molecule has 0 amide bonds. The summed E-state index contributed by atoms with van der Waals surface area (Å²) >= 11 is 0. The van der Waals surface area contributed by atoms with Gasteiger partial charge in [0.25, 0.3) is 0 Å². The van der Waals surface area contributed by atoms with Gasteiger partial charge in [-0.25, -0.2) is 4.98 Å². The van der Waals surface area contributed by atoms with Gasteiger partial charge < -0.3 is 9.52 Å². The highest BCUT2D eigenvalue weighted by molar-refractivity contribution is 5.72. The van der Waals surface area contributed by atoms with Gasteiger partial charge in [0.2, 0.25) is 5.89 Å². The molecule has 0 spiro atoms. The van der Waals surface area contributed by atoms with Gasteiger partial charge in [0.05, 0.1) is 12.5 Å². The van der Waals surface area contributed by atoms with E-state index in [9.17, 15) is 0 Å². The Morgan fingerprint density at radius 3 is 2.86 bits per heavy atom. The number of fused-ring (bicyclic) bond motifs is 1. The fourth-order valence-corrected chi connectivity index (χ4v) is 1.45. The number of nitrogens with zero attached hydrogens (tertiary/aromatic N) is 1. The van der Waals surface area contributed by atoms with Crippen molar-refractivity contribution in [1.29, 1.82) is 0 Å². The number of hydrogen-bond acceptors (Lipinski definition) is 3. The van der Waals surface area contributed by atoms with Gasteiger partial charge >= 0.3 is 0 Å². The van der Waals surface area contributed by atoms with E-state index in [4.69, 9.17) is 9.52 Å². The highest BCUT2D eigenvalue weighted by Gasteiger charge is 2.14. The molecule has 1 aromatic carbocycles. The number of aliphatic hydroxyl groups excluding tert-OH is 1. The molecular formula is C11H13NO2. The average Bonchev–Trinajstić information content (AvgIpc) is 2.63. The zero-order valence-electron chi connectivity index (χ0n) is 8.10. The lowest BCUT2D eigenvalue weighted by atomic mass is 10.1. The minimum Gasteiger partial charge on any atom is -0.440 e. The third-order valence-electron chi connectivity index (χ3n) is 2.37. The minimum atomic E-state index is 0.0161. The van der Waals surface area contributed by atoms with Crippen molar-refractivity contribution in [1.82, 2.24) is 4.98 Å². The van der Waals surface area contributed by atoms with E-state index < -0.39 is 0 Å². The zero-order chi connectivity index (χ0) is 9.97. The van der Waals surface area contributed by atoms with Crippen LogP contribution in [0.15, 0.2) is 28.7 Å². The van der Waals surface area contributed by atoms with Crippen LogP contribution in [0.2, 0.25) is 0 Å². The van der Waals surface area contributed by atoms with E-state index in [1.807, 2.05) is 31.2 Å². The van der Waals surface area contributed by atoms with Crippen LogP contribution in [0.3, 0.4) is 0 Å². The maximum absolute atomic E-state index is 9.10. The van der Waals surface area contributed by atoms with Crippen molar-refractivity contribution in [2.45, 2.75) is 19.3 Å². The van der Waals surface area contributed by atoms with E-state index in [0.717, 1.165) is 17.5 Å². The summed E-state index contributed by atoms with van der Waals surface area (Å²) in [6.07, 6.45) is 0.837. The van der Waals surface area contributed by atoms with Crippen LogP contribution < -0.4 is 0 Å². The standard InChI is InChI=1S/C11H13NO2/c1-2-8(7-13)11-12-9-5-3-4-6-10(9)14-11/h3-6,8,13H,2,7H2,1H3. The Balaban J connectivity index is 2.43. The van der Waals surface area contributed by atoms with Gasteiger partial charge in [-0.3, -0.25) is 0 Å². The SMILES string of the molecule is CCC(CO)c1nc2ccccc2o1. The largest absolute Gasteiger partial charge is 0.440 e. The summed E-state index contributed by atoms with van der Waals surface area (Å²) in [5.41, 5.74) is 1.64. The number of aromatic nitrogens is 1. The van der Waals surface area contributed by atoms with Crippen LogP contribution in [0.5, 0.6) is 0 Å². The van der Waals surface area contributed by atoms with Crippen LogP contribution in [0, 0.1) is 0 Å². The molecule has 74 valence electrons. The van der Waals surface area contributed by atoms with Crippen molar-refractivity contribution in [2.24, 2.45) is 0 Å². The van der Waals surface area contributed by atoms with Gasteiger partial charge in [-0.2, -0.15) is 0 Å². The topological polar surface area (TPSA) is 46.3 Å². The third kappa shape index (κ3) is 1.51. The molecule has 14 heavy (non-hydrogen) atoms. The van der Waals surface area contributed by atoms with Crippen LogP contribution in [0.25, 0.3) is 11.1 Å². The van der Waals surface area contributed by atoms with E-state index in [2.05, 4.69) is 4.98 Å². The van der Waals surface area contributed by atoms with E-state index in [0.29, 0.717) is 5.89 Å². The van der Waals surface area contributed by atoms with Crippen molar-refractivity contribution in [2.75, 3.05) is 6.61 Å². The van der Waals surface area contributed by atoms with Crippen LogP contribution in [0.4, 0.5) is 0 Å². The smallest absolute Gasteiger partial charge is 0.200 e. The lowest BCUT2D eigenvalue weighted by Gasteiger charge is -2.04. The summed E-state index contributed by atoms with van der Waals surface area (Å²) in [4.78, 5) is 4.33. The molecule has 0 aliphatic heterocycles. The average molecular weight is 191 g/mol. The lowest BCUT2D eigenvalue weighted by Crippen LogP contribution is -2.02. The first-order valence-corrected chi connectivity index (χ1v) is 4.81. The molecule has 1 heterocycles. The van der Waals surface area contributed by atoms with Crippen molar-refractivity contribution in [3.8, 4) is 0 Å². The molecule has 0 radical (unpaired) electrons. The Bertz CT molecular complexity index is 385. The van der Waals surface area contributed by atoms with Crippen molar-refractivity contribution in [3.63, 3.8) is 0 Å². The molecule has 0 fully saturated rings. The van der Waals surface area contributed by atoms with Crippen LogP contribution in [-0.4, -0.2) is 16.7 Å². The molecule has 3 nitrogen and oxygen atoms in total. The lowest BCUT2D eigenvalue weighted by molar-refractivity contribution is 0.244. The molecule has 1 unspecified atom stereocenters. The summed E-state index contributed by atoms with van der Waals surface area (Å²) in [6.45, 7) is 2.10. The molecule has 0 aliphatic carbocycles. The van der Waals surface area contributed by atoms with Crippen molar-refractivity contribution < 1.29 is 9.52 Å². The predicted molar refractivity (Wildman–Crippen MR) is 54.1 cm³/mol. The maximum Gasteiger partial charge on any atom is 0.200 e. The molecule has 1 N–H and O–H groups in total. The van der Waals surface area contributed by atoms with E-state index in [1.54, 1.807) is 0 Å². The van der Waals surface area contributed by atoms with Gasteiger partial charge in [-0.1, -0.05) is 19.1 Å². The highest BCUT2D eigenvalue weighted by atomic mass is 16.4. The molecule has 2 rings (SSSR count). The molecule has 0 saturated heterocycles. The molecule has 0 aliphatic rings. The van der Waals surface area contributed by atoms with Gasteiger partial charge in [0.15, 0.2) is 5.58 Å². The normalized spacial score (nSPS) is 13.3. The Kier molecular flexibility index (Phi) is 2.50. The summed E-state index contributed by atoms with van der Waals surface area (Å²) in [5, 5.41) is 9.10. The maximum atomic E-state index is 9.10. The summed E-state index contributed by atoms with van der Waals surface area (Å²) < 4.78 is 5.54. The molecule has 1 atom stereocenters. The highest BCUT2D eigenvalue weighted by Crippen LogP contribution is 2.22. The van der Waals surface area contributed by atoms with Gasteiger partial charge in [0.1, 0.15) is 5.52 Å².